The fourth-order valence-electron chi connectivity index (χ4n) is 4.46. The highest BCUT2D eigenvalue weighted by molar-refractivity contribution is 5.98. The van der Waals surface area contributed by atoms with Crippen molar-refractivity contribution in [2.24, 2.45) is 17.8 Å². The first kappa shape index (κ1) is 24.7. The Morgan fingerprint density at radius 2 is 1.52 bits per heavy atom. The van der Waals surface area contributed by atoms with Crippen LogP contribution in [0.1, 0.15) is 63.2 Å². The highest BCUT2D eigenvalue weighted by atomic mass is 16.5. The van der Waals surface area contributed by atoms with Crippen LogP contribution in [0.2, 0.25) is 0 Å². The lowest BCUT2D eigenvalue weighted by atomic mass is 9.75. The van der Waals surface area contributed by atoms with E-state index in [1.54, 1.807) is 12.1 Å². The molecule has 1 fully saturated rings. The average Bonchev–Trinajstić information content (AvgIpc) is 2.81. The lowest BCUT2D eigenvalue weighted by molar-refractivity contribution is -0.158. The molecule has 3 atom stereocenters. The zero-order valence-corrected chi connectivity index (χ0v) is 19.8. The molecule has 0 aromatic heterocycles. The summed E-state index contributed by atoms with van der Waals surface area (Å²) in [5, 5.41) is 0. The van der Waals surface area contributed by atoms with Gasteiger partial charge >= 0.3 is 11.9 Å². The molecule has 3 rings (SSSR count). The van der Waals surface area contributed by atoms with Crippen LogP contribution in [0.15, 0.2) is 54.6 Å². The summed E-state index contributed by atoms with van der Waals surface area (Å²) in [5.41, 5.74) is 2.56. The number of carbonyl (C=O) groups is 3. The third-order valence-corrected chi connectivity index (χ3v) is 6.46. The van der Waals surface area contributed by atoms with Crippen molar-refractivity contribution >= 4 is 17.7 Å². The number of ketones is 1. The smallest absolute Gasteiger partial charge is 0.306 e. The Morgan fingerprint density at radius 1 is 0.879 bits per heavy atom. The van der Waals surface area contributed by atoms with E-state index in [0.29, 0.717) is 23.3 Å². The minimum absolute atomic E-state index is 0.0332. The fourth-order valence-corrected chi connectivity index (χ4v) is 4.46. The number of Topliss-reactive ketones (excluding diaryl/α,β-unsaturated/α-hetero) is 1. The van der Waals surface area contributed by atoms with Gasteiger partial charge in [-0.15, -0.1) is 0 Å². The maximum Gasteiger partial charge on any atom is 0.306 e. The Kier molecular flexibility index (Phi) is 8.81. The molecule has 2 aromatic rings. The highest BCUT2D eigenvalue weighted by Gasteiger charge is 2.33. The van der Waals surface area contributed by atoms with Crippen LogP contribution in [-0.2, 0) is 19.1 Å². The first-order valence-electron chi connectivity index (χ1n) is 11.9. The topological polar surface area (TPSA) is 69.7 Å². The molecule has 1 saturated carbocycles. The van der Waals surface area contributed by atoms with Crippen LogP contribution < -0.4 is 0 Å². The fraction of sp³-hybridized carbons (Fsp3) is 0.464. The van der Waals surface area contributed by atoms with Gasteiger partial charge < -0.3 is 9.47 Å². The normalized spacial score (nSPS) is 20.3. The van der Waals surface area contributed by atoms with Gasteiger partial charge in [0.15, 0.2) is 12.4 Å². The number of rotatable bonds is 9. The van der Waals surface area contributed by atoms with Gasteiger partial charge in [-0.1, -0.05) is 81.8 Å². The van der Waals surface area contributed by atoms with Crippen LogP contribution in [0, 0.1) is 17.8 Å². The van der Waals surface area contributed by atoms with Crippen molar-refractivity contribution in [3.8, 4) is 11.1 Å². The second kappa shape index (κ2) is 11.8. The molecule has 1 aliphatic rings. The van der Waals surface area contributed by atoms with Crippen molar-refractivity contribution in [2.75, 3.05) is 6.61 Å². The molecule has 1 aliphatic carbocycles. The van der Waals surface area contributed by atoms with Gasteiger partial charge in [0.05, 0.1) is 12.8 Å². The molecule has 0 saturated heterocycles. The van der Waals surface area contributed by atoms with E-state index in [1.807, 2.05) is 42.5 Å². The van der Waals surface area contributed by atoms with E-state index in [4.69, 9.17) is 9.47 Å². The molecule has 0 radical (unpaired) electrons. The summed E-state index contributed by atoms with van der Waals surface area (Å²) in [7, 11) is 0. The predicted molar refractivity (Wildman–Crippen MR) is 128 cm³/mol. The summed E-state index contributed by atoms with van der Waals surface area (Å²) in [5.74, 6) is 0.131. The first-order chi connectivity index (χ1) is 15.8. The van der Waals surface area contributed by atoms with Gasteiger partial charge in [0.25, 0.3) is 0 Å². The van der Waals surface area contributed by atoms with Crippen LogP contribution in [0.25, 0.3) is 11.1 Å². The Morgan fingerprint density at radius 3 is 2.18 bits per heavy atom. The lowest BCUT2D eigenvalue weighted by Crippen LogP contribution is -2.36. The van der Waals surface area contributed by atoms with Crippen LogP contribution >= 0.6 is 0 Å². The molecular weight excluding hydrogens is 416 g/mol. The van der Waals surface area contributed by atoms with E-state index >= 15 is 0 Å². The second-order valence-electron chi connectivity index (χ2n) is 9.38. The third kappa shape index (κ3) is 7.28. The van der Waals surface area contributed by atoms with Crippen molar-refractivity contribution < 1.29 is 23.9 Å². The maximum atomic E-state index is 12.4. The zero-order valence-electron chi connectivity index (χ0n) is 19.8. The summed E-state index contributed by atoms with van der Waals surface area (Å²) in [6.07, 6.45) is 2.89. The molecular formula is C28H34O5. The van der Waals surface area contributed by atoms with Crippen molar-refractivity contribution in [1.82, 2.24) is 0 Å². The molecule has 0 heterocycles. The molecule has 0 unspecified atom stereocenters. The molecule has 176 valence electrons. The van der Waals surface area contributed by atoms with Crippen molar-refractivity contribution in [2.45, 2.75) is 59.0 Å². The number of hydrogen-bond acceptors (Lipinski definition) is 5. The van der Waals surface area contributed by atoms with E-state index < -0.39 is 5.97 Å². The minimum Gasteiger partial charge on any atom is -0.462 e. The molecule has 0 amide bonds. The number of benzene rings is 2. The monoisotopic (exact) mass is 450 g/mol. The Balaban J connectivity index is 1.41. The van der Waals surface area contributed by atoms with Gasteiger partial charge in [-0.25, -0.2) is 0 Å². The summed E-state index contributed by atoms with van der Waals surface area (Å²) in [6.45, 7) is 6.16. The molecule has 2 aromatic carbocycles. The Labute approximate surface area is 196 Å². The summed E-state index contributed by atoms with van der Waals surface area (Å²) in [4.78, 5) is 36.7. The number of hydrogen-bond donors (Lipinski definition) is 0. The standard InChI is InChI=1S/C28H34O5/c1-19(2)24-14-9-20(3)17-26(24)33-28(31)16-15-27(30)32-18-25(29)23-12-10-22(11-13-23)21-7-5-4-6-8-21/h4-8,10-13,19-20,24,26H,9,14-18H2,1-3H3/t20-,24-,26+/m0/s1. The number of ether oxygens (including phenoxy) is 2. The van der Waals surface area contributed by atoms with E-state index in [9.17, 15) is 14.4 Å². The molecule has 0 bridgehead atoms. The second-order valence-corrected chi connectivity index (χ2v) is 9.38. The van der Waals surface area contributed by atoms with Crippen LogP contribution in [-0.4, -0.2) is 30.4 Å². The number of esters is 2. The maximum absolute atomic E-state index is 12.4. The van der Waals surface area contributed by atoms with E-state index in [0.717, 1.165) is 30.4 Å². The van der Waals surface area contributed by atoms with Gasteiger partial charge in [0.1, 0.15) is 6.10 Å². The summed E-state index contributed by atoms with van der Waals surface area (Å²) < 4.78 is 10.8. The van der Waals surface area contributed by atoms with Crippen LogP contribution in [0.4, 0.5) is 0 Å². The van der Waals surface area contributed by atoms with Gasteiger partial charge in [0, 0.05) is 5.56 Å². The lowest BCUT2D eigenvalue weighted by Gasteiger charge is -2.36. The molecule has 5 nitrogen and oxygen atoms in total. The molecule has 0 N–H and O–H groups in total. The SMILES string of the molecule is CC(C)[C@@H]1CC[C@H](C)C[C@H]1OC(=O)CCC(=O)OCC(=O)c1ccc(-c2ccccc2)cc1. The Hall–Kier alpha value is -2.95. The largest absolute Gasteiger partial charge is 0.462 e. The Bertz CT molecular complexity index is 933. The van der Waals surface area contributed by atoms with Gasteiger partial charge in [-0.3, -0.25) is 14.4 Å². The van der Waals surface area contributed by atoms with Gasteiger partial charge in [0.2, 0.25) is 0 Å². The number of carbonyl (C=O) groups excluding carboxylic acids is 3. The third-order valence-electron chi connectivity index (χ3n) is 6.46. The molecule has 33 heavy (non-hydrogen) atoms. The van der Waals surface area contributed by atoms with E-state index in [1.165, 1.54) is 0 Å². The molecule has 0 spiro atoms. The summed E-state index contributed by atoms with van der Waals surface area (Å²) >= 11 is 0. The summed E-state index contributed by atoms with van der Waals surface area (Å²) in [6, 6.07) is 17.1. The van der Waals surface area contributed by atoms with Gasteiger partial charge in [-0.05, 0) is 41.7 Å². The van der Waals surface area contributed by atoms with Crippen LogP contribution in [0.5, 0.6) is 0 Å². The van der Waals surface area contributed by atoms with Crippen molar-refractivity contribution in [3.05, 3.63) is 60.2 Å². The predicted octanol–water partition coefficient (Wildman–Crippen LogP) is 5.86. The highest BCUT2D eigenvalue weighted by Crippen LogP contribution is 2.35. The average molecular weight is 451 g/mol. The van der Waals surface area contributed by atoms with Crippen molar-refractivity contribution in [1.29, 1.82) is 0 Å². The first-order valence-corrected chi connectivity index (χ1v) is 11.9. The van der Waals surface area contributed by atoms with Gasteiger partial charge in [-0.2, -0.15) is 0 Å². The van der Waals surface area contributed by atoms with E-state index in [-0.39, 0.29) is 37.3 Å². The minimum atomic E-state index is -0.571. The van der Waals surface area contributed by atoms with Crippen molar-refractivity contribution in [3.63, 3.8) is 0 Å². The zero-order chi connectivity index (χ0) is 23.8. The van der Waals surface area contributed by atoms with Crippen LogP contribution in [0.3, 0.4) is 0 Å². The quantitative estimate of drug-likeness (QED) is 0.353. The van der Waals surface area contributed by atoms with E-state index in [2.05, 4.69) is 20.8 Å². The molecule has 0 aliphatic heterocycles. The molecule has 5 heteroatoms.